The summed E-state index contributed by atoms with van der Waals surface area (Å²) in [7, 11) is 1.75. The number of aliphatic hydroxyl groups is 1. The number of benzene rings is 1. The summed E-state index contributed by atoms with van der Waals surface area (Å²) < 4.78 is 0. The highest BCUT2D eigenvalue weighted by Gasteiger charge is 2.42. The molecule has 1 saturated heterocycles. The number of hydrogen-bond acceptors (Lipinski definition) is 4. The first kappa shape index (κ1) is 23.3. The predicted octanol–water partition coefficient (Wildman–Crippen LogP) is 1.83. The summed E-state index contributed by atoms with van der Waals surface area (Å²) in [5, 5.41) is 14.0. The number of nitrogens with one attached hydrogen (secondary N) is 1. The molecule has 0 unspecified atom stereocenters. The Morgan fingerprint density at radius 2 is 1.81 bits per heavy atom. The molecule has 1 heterocycles. The van der Waals surface area contributed by atoms with Crippen LogP contribution < -0.4 is 5.32 Å². The Labute approximate surface area is 184 Å². The fourth-order valence-electron chi connectivity index (χ4n) is 5.26. The average molecular weight is 430 g/mol. The van der Waals surface area contributed by atoms with Crippen LogP contribution in [0.5, 0.6) is 0 Å². The fraction of sp³-hybridized carbons (Fsp3) is 0.625. The number of likely N-dealkylation sites (tertiary alicyclic amines) is 1. The van der Waals surface area contributed by atoms with Crippen LogP contribution in [0.4, 0.5) is 0 Å². The van der Waals surface area contributed by atoms with E-state index in [9.17, 15) is 19.5 Å². The van der Waals surface area contributed by atoms with E-state index in [-0.39, 0.29) is 29.2 Å². The van der Waals surface area contributed by atoms with Crippen LogP contribution in [0, 0.1) is 0 Å². The van der Waals surface area contributed by atoms with Gasteiger partial charge in [0.2, 0.25) is 17.7 Å². The number of rotatable bonds is 5. The van der Waals surface area contributed by atoms with Crippen LogP contribution in [0.1, 0.15) is 57.9 Å². The molecule has 0 radical (unpaired) electrons. The van der Waals surface area contributed by atoms with Crippen molar-refractivity contribution in [2.24, 2.45) is 0 Å². The summed E-state index contributed by atoms with van der Waals surface area (Å²) >= 11 is 0. The minimum atomic E-state index is -0.649. The van der Waals surface area contributed by atoms with Gasteiger partial charge in [-0.05, 0) is 44.1 Å². The van der Waals surface area contributed by atoms with Crippen molar-refractivity contribution in [3.05, 3.63) is 35.9 Å². The zero-order valence-corrected chi connectivity index (χ0v) is 18.8. The lowest BCUT2D eigenvalue weighted by Crippen LogP contribution is -2.52. The molecule has 2 N–H and O–H groups in total. The molecule has 0 spiro atoms. The van der Waals surface area contributed by atoms with Crippen molar-refractivity contribution in [1.82, 2.24) is 15.1 Å². The maximum absolute atomic E-state index is 13.2. The van der Waals surface area contributed by atoms with Gasteiger partial charge < -0.3 is 20.2 Å². The lowest BCUT2D eigenvalue weighted by atomic mass is 9.74. The van der Waals surface area contributed by atoms with Gasteiger partial charge in [0.1, 0.15) is 6.04 Å². The first-order valence-corrected chi connectivity index (χ1v) is 11.3. The quantitative estimate of drug-likeness (QED) is 0.699. The summed E-state index contributed by atoms with van der Waals surface area (Å²) in [6, 6.07) is 9.37. The maximum atomic E-state index is 13.2. The second-order valence-electron chi connectivity index (χ2n) is 9.09. The molecule has 2 aliphatic rings. The highest BCUT2D eigenvalue weighted by Crippen LogP contribution is 2.39. The standard InChI is InChI=1S/C24H35N3O4/c1-17(28)25-16-24(19-8-5-4-6-9-19)13-11-20(22(30)12-14-24)26(3)23(31)21-10-7-15-27(21)18(2)29/h4-6,8-9,20-22,30H,7,10-16H2,1-3H3,(H,25,28)/t20-,21-,22-,24-/m1/s1. The van der Waals surface area contributed by atoms with E-state index >= 15 is 0 Å². The molecule has 0 aromatic heterocycles. The maximum Gasteiger partial charge on any atom is 0.245 e. The van der Waals surface area contributed by atoms with Crippen LogP contribution in [0.15, 0.2) is 30.3 Å². The number of amides is 3. The molecule has 3 rings (SSSR count). The Kier molecular flexibility index (Phi) is 7.36. The van der Waals surface area contributed by atoms with Gasteiger partial charge in [-0.15, -0.1) is 0 Å². The highest BCUT2D eigenvalue weighted by molar-refractivity contribution is 5.87. The molecule has 170 valence electrons. The van der Waals surface area contributed by atoms with Crippen molar-refractivity contribution >= 4 is 17.7 Å². The van der Waals surface area contributed by atoms with E-state index in [0.29, 0.717) is 32.4 Å². The molecule has 3 amide bonds. The van der Waals surface area contributed by atoms with E-state index < -0.39 is 12.1 Å². The molecular formula is C24H35N3O4. The third-order valence-electron chi connectivity index (χ3n) is 7.13. The van der Waals surface area contributed by atoms with E-state index in [4.69, 9.17) is 0 Å². The third kappa shape index (κ3) is 5.09. The van der Waals surface area contributed by atoms with Crippen LogP contribution in [0.3, 0.4) is 0 Å². The van der Waals surface area contributed by atoms with Gasteiger partial charge >= 0.3 is 0 Å². The topological polar surface area (TPSA) is 89.9 Å². The summed E-state index contributed by atoms with van der Waals surface area (Å²) in [4.78, 5) is 40.1. The molecule has 31 heavy (non-hydrogen) atoms. The van der Waals surface area contributed by atoms with Crippen LogP contribution in [0.2, 0.25) is 0 Å². The minimum absolute atomic E-state index is 0.0745. The predicted molar refractivity (Wildman–Crippen MR) is 118 cm³/mol. The number of likely N-dealkylation sites (N-methyl/N-ethyl adjacent to an activating group) is 1. The summed E-state index contributed by atoms with van der Waals surface area (Å²) in [6.07, 6.45) is 3.48. The molecule has 1 aliphatic carbocycles. The van der Waals surface area contributed by atoms with Crippen molar-refractivity contribution in [3.63, 3.8) is 0 Å². The molecule has 7 nitrogen and oxygen atoms in total. The molecule has 4 atom stereocenters. The summed E-state index contributed by atoms with van der Waals surface area (Å²) in [6.45, 7) is 4.13. The Bertz CT molecular complexity index is 799. The van der Waals surface area contributed by atoms with Crippen LogP contribution in [-0.2, 0) is 19.8 Å². The number of aliphatic hydroxyl groups excluding tert-OH is 1. The van der Waals surface area contributed by atoms with Gasteiger partial charge in [0.25, 0.3) is 0 Å². The Morgan fingerprint density at radius 3 is 2.45 bits per heavy atom. The second-order valence-corrected chi connectivity index (χ2v) is 9.09. The number of carbonyl (C=O) groups is 3. The normalized spacial score (nSPS) is 28.6. The fourth-order valence-corrected chi connectivity index (χ4v) is 5.26. The first-order valence-electron chi connectivity index (χ1n) is 11.3. The van der Waals surface area contributed by atoms with E-state index in [1.54, 1.807) is 16.8 Å². The minimum Gasteiger partial charge on any atom is -0.391 e. The van der Waals surface area contributed by atoms with Crippen LogP contribution in [-0.4, -0.2) is 71.0 Å². The van der Waals surface area contributed by atoms with E-state index in [0.717, 1.165) is 24.8 Å². The van der Waals surface area contributed by atoms with Crippen molar-refractivity contribution in [2.45, 2.75) is 76.0 Å². The zero-order chi connectivity index (χ0) is 22.6. The number of nitrogens with zero attached hydrogens (tertiary/aromatic N) is 2. The molecule has 1 aromatic rings. The monoisotopic (exact) mass is 429 g/mol. The van der Waals surface area contributed by atoms with Crippen LogP contribution in [0.25, 0.3) is 0 Å². The number of carbonyl (C=O) groups excluding carboxylic acids is 3. The molecule has 1 aliphatic heterocycles. The SMILES string of the molecule is CC(=O)NC[C@]1(c2ccccc2)CC[C@@H](O)[C@H](N(C)C(=O)[C@H]2CCCN2C(C)=O)CC1. The number of hydrogen-bond donors (Lipinski definition) is 2. The molecular weight excluding hydrogens is 394 g/mol. The van der Waals surface area contributed by atoms with Gasteiger partial charge in [-0.1, -0.05) is 30.3 Å². The van der Waals surface area contributed by atoms with Gasteiger partial charge in [-0.3, -0.25) is 14.4 Å². The zero-order valence-electron chi connectivity index (χ0n) is 18.8. The van der Waals surface area contributed by atoms with Gasteiger partial charge in [-0.25, -0.2) is 0 Å². The Hall–Kier alpha value is -2.41. The van der Waals surface area contributed by atoms with Crippen molar-refractivity contribution in [1.29, 1.82) is 0 Å². The molecule has 7 heteroatoms. The van der Waals surface area contributed by atoms with Gasteiger partial charge in [0, 0.05) is 39.4 Å². The van der Waals surface area contributed by atoms with Crippen LogP contribution >= 0.6 is 0 Å². The largest absolute Gasteiger partial charge is 0.391 e. The smallest absolute Gasteiger partial charge is 0.245 e. The molecule has 2 fully saturated rings. The van der Waals surface area contributed by atoms with E-state index in [2.05, 4.69) is 17.4 Å². The lowest BCUT2D eigenvalue weighted by Gasteiger charge is -2.35. The highest BCUT2D eigenvalue weighted by atomic mass is 16.3. The molecule has 1 saturated carbocycles. The summed E-state index contributed by atoms with van der Waals surface area (Å²) in [5.41, 5.74) is 0.856. The van der Waals surface area contributed by atoms with Crippen molar-refractivity contribution in [3.8, 4) is 0 Å². The van der Waals surface area contributed by atoms with E-state index in [1.165, 1.54) is 13.8 Å². The lowest BCUT2D eigenvalue weighted by molar-refractivity contribution is -0.145. The first-order chi connectivity index (χ1) is 14.7. The van der Waals surface area contributed by atoms with Gasteiger partial charge in [-0.2, -0.15) is 0 Å². The molecule has 1 aromatic carbocycles. The molecule has 0 bridgehead atoms. The second kappa shape index (κ2) is 9.81. The summed E-state index contributed by atoms with van der Waals surface area (Å²) in [5.74, 6) is -0.246. The van der Waals surface area contributed by atoms with Gasteiger partial charge in [0.15, 0.2) is 0 Å². The van der Waals surface area contributed by atoms with Crippen molar-refractivity contribution < 1.29 is 19.5 Å². The van der Waals surface area contributed by atoms with Gasteiger partial charge in [0.05, 0.1) is 12.1 Å². The third-order valence-corrected chi connectivity index (χ3v) is 7.13. The Balaban J connectivity index is 1.79. The average Bonchev–Trinajstić information content (AvgIpc) is 3.19. The van der Waals surface area contributed by atoms with E-state index in [1.807, 2.05) is 18.2 Å². The Morgan fingerprint density at radius 1 is 1.13 bits per heavy atom. The van der Waals surface area contributed by atoms with Crippen molar-refractivity contribution in [2.75, 3.05) is 20.1 Å².